The number of carbonyl (C=O) groups excluding carboxylic acids is 1. The number of allylic oxidation sites excluding steroid dienone is 1. The number of para-hydroxylation sites is 2. The number of hydrogen-bond donors (Lipinski definition) is 1. The van der Waals surface area contributed by atoms with Gasteiger partial charge in [-0.3, -0.25) is 0 Å². The van der Waals surface area contributed by atoms with Gasteiger partial charge in [-0.05, 0) is 32.0 Å². The number of benzene rings is 2. The number of methoxy groups -OCH3 is 3. The van der Waals surface area contributed by atoms with E-state index in [9.17, 15) is 4.79 Å². The van der Waals surface area contributed by atoms with Gasteiger partial charge in [0.25, 0.3) is 0 Å². The lowest BCUT2D eigenvalue weighted by atomic mass is 9.94. The monoisotopic (exact) mass is 450 g/mol. The van der Waals surface area contributed by atoms with Crippen molar-refractivity contribution in [2.24, 2.45) is 0 Å². The number of nitrogens with one attached hydrogen (secondary N) is 1. The zero-order chi connectivity index (χ0) is 23.5. The number of anilines is 1. The molecule has 2 heterocycles. The van der Waals surface area contributed by atoms with Crippen molar-refractivity contribution in [3.05, 3.63) is 59.3 Å². The minimum Gasteiger partial charge on any atom is -0.496 e. The van der Waals surface area contributed by atoms with E-state index in [1.54, 1.807) is 39.0 Å². The molecule has 1 aliphatic rings. The van der Waals surface area contributed by atoms with Gasteiger partial charge in [-0.25, -0.2) is 9.48 Å². The number of rotatable bonds is 7. The zero-order valence-electron chi connectivity index (χ0n) is 19.2. The molecule has 1 atom stereocenters. The molecule has 2 aromatic carbocycles. The maximum Gasteiger partial charge on any atom is 0.338 e. The quantitative estimate of drug-likeness (QED) is 0.543. The van der Waals surface area contributed by atoms with Crippen molar-refractivity contribution in [3.8, 4) is 28.6 Å². The third kappa shape index (κ3) is 3.86. The number of esters is 1. The summed E-state index contributed by atoms with van der Waals surface area (Å²) in [4.78, 5) is 17.8. The average molecular weight is 450 g/mol. The minimum atomic E-state index is -0.652. The SMILES string of the molecule is CCOC(=O)C1=C(C)Nc2nc(-c3ccccc3OC)nn2C1c1cccc(OC)c1OC. The van der Waals surface area contributed by atoms with Crippen molar-refractivity contribution in [1.29, 1.82) is 0 Å². The molecule has 1 unspecified atom stereocenters. The van der Waals surface area contributed by atoms with E-state index < -0.39 is 12.0 Å². The fourth-order valence-corrected chi connectivity index (χ4v) is 3.98. The second kappa shape index (κ2) is 9.23. The van der Waals surface area contributed by atoms with Crippen LogP contribution in [0.2, 0.25) is 0 Å². The molecule has 0 bridgehead atoms. The lowest BCUT2D eigenvalue weighted by Crippen LogP contribution is -2.30. The Kier molecular flexibility index (Phi) is 6.21. The van der Waals surface area contributed by atoms with Crippen molar-refractivity contribution >= 4 is 11.9 Å². The van der Waals surface area contributed by atoms with Crippen LogP contribution in [0.25, 0.3) is 11.4 Å². The van der Waals surface area contributed by atoms with Gasteiger partial charge in [-0.15, -0.1) is 5.10 Å². The van der Waals surface area contributed by atoms with Gasteiger partial charge in [0.15, 0.2) is 17.3 Å². The molecule has 172 valence electrons. The van der Waals surface area contributed by atoms with E-state index >= 15 is 0 Å². The predicted octanol–water partition coefficient (Wildman–Crippen LogP) is 3.82. The Morgan fingerprint density at radius 1 is 1.03 bits per heavy atom. The number of carbonyl (C=O) groups is 1. The fraction of sp³-hybridized carbons (Fsp3) is 0.292. The first-order valence-corrected chi connectivity index (χ1v) is 10.5. The lowest BCUT2D eigenvalue weighted by Gasteiger charge is -2.29. The smallest absolute Gasteiger partial charge is 0.338 e. The van der Waals surface area contributed by atoms with Crippen LogP contribution in [0.3, 0.4) is 0 Å². The number of fused-ring (bicyclic) bond motifs is 1. The second-order valence-corrected chi connectivity index (χ2v) is 7.27. The molecule has 9 heteroatoms. The molecule has 0 saturated heterocycles. The Morgan fingerprint density at radius 3 is 2.45 bits per heavy atom. The van der Waals surface area contributed by atoms with Gasteiger partial charge in [0, 0.05) is 11.3 Å². The highest BCUT2D eigenvalue weighted by Crippen LogP contribution is 2.43. The van der Waals surface area contributed by atoms with E-state index in [0.717, 1.165) is 5.56 Å². The number of nitrogens with zero attached hydrogens (tertiary/aromatic N) is 3. The van der Waals surface area contributed by atoms with Crippen molar-refractivity contribution in [3.63, 3.8) is 0 Å². The first-order chi connectivity index (χ1) is 16.0. The summed E-state index contributed by atoms with van der Waals surface area (Å²) >= 11 is 0. The predicted molar refractivity (Wildman–Crippen MR) is 123 cm³/mol. The fourth-order valence-electron chi connectivity index (χ4n) is 3.98. The highest BCUT2D eigenvalue weighted by molar-refractivity contribution is 5.92. The van der Waals surface area contributed by atoms with E-state index in [1.165, 1.54) is 0 Å². The Morgan fingerprint density at radius 2 is 1.76 bits per heavy atom. The molecule has 0 amide bonds. The van der Waals surface area contributed by atoms with Crippen LogP contribution < -0.4 is 19.5 Å². The third-order valence-corrected chi connectivity index (χ3v) is 5.42. The molecule has 1 N–H and O–H groups in total. The van der Waals surface area contributed by atoms with Crippen LogP contribution in [0.15, 0.2) is 53.7 Å². The van der Waals surface area contributed by atoms with Crippen LogP contribution in [-0.2, 0) is 9.53 Å². The van der Waals surface area contributed by atoms with Crippen molar-refractivity contribution in [2.45, 2.75) is 19.9 Å². The zero-order valence-corrected chi connectivity index (χ0v) is 19.2. The molecule has 9 nitrogen and oxygen atoms in total. The standard InChI is InChI=1S/C24H26N4O5/c1-6-33-23(29)19-14(2)25-24-26-22(15-10-7-8-12-17(15)30-3)27-28(24)20(19)16-11-9-13-18(31-4)21(16)32-5/h7-13,20H,6H2,1-5H3,(H,25,26,27). The maximum atomic E-state index is 13.1. The van der Waals surface area contributed by atoms with E-state index in [2.05, 4.69) is 5.32 Å². The largest absolute Gasteiger partial charge is 0.496 e. The number of aromatic nitrogens is 3. The molecule has 1 aromatic heterocycles. The van der Waals surface area contributed by atoms with E-state index in [-0.39, 0.29) is 6.61 Å². The van der Waals surface area contributed by atoms with Gasteiger partial charge in [0.05, 0.1) is 39.1 Å². The molecule has 0 spiro atoms. The molecule has 0 saturated carbocycles. The Balaban J connectivity index is 1.95. The van der Waals surface area contributed by atoms with E-state index in [1.807, 2.05) is 43.3 Å². The topological polar surface area (TPSA) is 96.7 Å². The van der Waals surface area contributed by atoms with Gasteiger partial charge < -0.3 is 24.3 Å². The maximum absolute atomic E-state index is 13.1. The molecule has 3 aromatic rings. The highest BCUT2D eigenvalue weighted by Gasteiger charge is 2.37. The van der Waals surface area contributed by atoms with Gasteiger partial charge in [0.2, 0.25) is 5.95 Å². The number of hydrogen-bond acceptors (Lipinski definition) is 8. The van der Waals surface area contributed by atoms with Crippen molar-refractivity contribution in [2.75, 3.05) is 33.3 Å². The normalized spacial score (nSPS) is 14.9. The van der Waals surface area contributed by atoms with E-state index in [4.69, 9.17) is 29.0 Å². The second-order valence-electron chi connectivity index (χ2n) is 7.27. The summed E-state index contributed by atoms with van der Waals surface area (Å²) in [7, 11) is 4.73. The molecule has 0 fully saturated rings. The van der Waals surface area contributed by atoms with Crippen molar-refractivity contribution < 1.29 is 23.7 Å². The van der Waals surface area contributed by atoms with Gasteiger partial charge in [0.1, 0.15) is 11.8 Å². The summed E-state index contributed by atoms with van der Waals surface area (Å²) in [5.74, 6) is 2.18. The molecule has 1 aliphatic heterocycles. The minimum absolute atomic E-state index is 0.244. The molecule has 4 rings (SSSR count). The summed E-state index contributed by atoms with van der Waals surface area (Å²) in [6, 6.07) is 12.4. The molecular weight excluding hydrogens is 424 g/mol. The number of ether oxygens (including phenoxy) is 4. The van der Waals surface area contributed by atoms with E-state index in [0.29, 0.717) is 45.9 Å². The Bertz CT molecular complexity index is 1220. The Hall–Kier alpha value is -4.01. The summed E-state index contributed by atoms with van der Waals surface area (Å²) in [5.41, 5.74) is 2.45. The van der Waals surface area contributed by atoms with Crippen molar-refractivity contribution in [1.82, 2.24) is 14.8 Å². The highest BCUT2D eigenvalue weighted by atomic mass is 16.5. The molecule has 0 radical (unpaired) electrons. The van der Waals surface area contributed by atoms with Crippen LogP contribution in [0.1, 0.15) is 25.5 Å². The third-order valence-electron chi connectivity index (χ3n) is 5.42. The summed E-state index contributed by atoms with van der Waals surface area (Å²) in [6.45, 7) is 3.83. The van der Waals surface area contributed by atoms with Crippen LogP contribution in [0.5, 0.6) is 17.2 Å². The Labute approximate surface area is 191 Å². The first kappa shape index (κ1) is 22.2. The first-order valence-electron chi connectivity index (χ1n) is 10.5. The molecule has 0 aliphatic carbocycles. The molecule has 33 heavy (non-hydrogen) atoms. The van der Waals surface area contributed by atoms with Gasteiger partial charge in [-0.2, -0.15) is 4.98 Å². The van der Waals surface area contributed by atoms with Gasteiger partial charge in [-0.1, -0.05) is 24.3 Å². The van der Waals surface area contributed by atoms with Crippen LogP contribution in [-0.4, -0.2) is 48.7 Å². The molecular formula is C24H26N4O5. The summed E-state index contributed by atoms with van der Waals surface area (Å²) in [6.07, 6.45) is 0. The van der Waals surface area contributed by atoms with Crippen LogP contribution in [0.4, 0.5) is 5.95 Å². The summed E-state index contributed by atoms with van der Waals surface area (Å²) < 4.78 is 23.7. The van der Waals surface area contributed by atoms with Crippen LogP contribution in [0, 0.1) is 0 Å². The lowest BCUT2D eigenvalue weighted by molar-refractivity contribution is -0.139. The summed E-state index contributed by atoms with van der Waals surface area (Å²) in [5, 5.41) is 7.97. The van der Waals surface area contributed by atoms with Gasteiger partial charge >= 0.3 is 5.97 Å². The average Bonchev–Trinajstić information content (AvgIpc) is 3.25. The van der Waals surface area contributed by atoms with Crippen LogP contribution >= 0.6 is 0 Å².